The van der Waals surface area contributed by atoms with Crippen LogP contribution in [0.4, 0.5) is 5.69 Å². The van der Waals surface area contributed by atoms with Crippen LogP contribution in [0.2, 0.25) is 5.02 Å². The zero-order chi connectivity index (χ0) is 19.9. The first-order valence-electron chi connectivity index (χ1n) is 9.02. The van der Waals surface area contributed by atoms with E-state index in [1.54, 1.807) is 66.7 Å². The fourth-order valence-electron chi connectivity index (χ4n) is 2.70. The van der Waals surface area contributed by atoms with E-state index < -0.39 is 0 Å². The van der Waals surface area contributed by atoms with Crippen LogP contribution in [0, 0.1) is 0 Å². The molecule has 1 N–H and O–H groups in total. The number of rotatable bonds is 7. The summed E-state index contributed by atoms with van der Waals surface area (Å²) in [6.45, 7) is 2.60. The van der Waals surface area contributed by atoms with E-state index in [4.69, 9.17) is 16.3 Å². The second kappa shape index (κ2) is 9.20. The molecule has 142 valence electrons. The Kier molecular flexibility index (Phi) is 6.45. The average molecular weight is 394 g/mol. The first-order valence-corrected chi connectivity index (χ1v) is 9.40. The topological polar surface area (TPSA) is 55.4 Å². The van der Waals surface area contributed by atoms with Crippen LogP contribution < -0.4 is 10.1 Å². The normalized spacial score (nSPS) is 10.4. The van der Waals surface area contributed by atoms with E-state index in [0.29, 0.717) is 39.8 Å². The molecule has 0 saturated carbocycles. The molecule has 0 fully saturated rings. The minimum Gasteiger partial charge on any atom is -0.494 e. The highest BCUT2D eigenvalue weighted by molar-refractivity contribution is 6.31. The summed E-state index contributed by atoms with van der Waals surface area (Å²) in [5.74, 6) is 0.0935. The standard InChI is InChI=1S/C23H20ClNO3/c1-2-13-28-19-10-6-9-17(14-19)23(27)25-21-12-11-18(24)15-20(21)22(26)16-7-4-3-5-8-16/h3-12,14-15H,2,13H2,1H3,(H,25,27). The van der Waals surface area contributed by atoms with Crippen molar-refractivity contribution in [2.45, 2.75) is 13.3 Å². The number of nitrogens with one attached hydrogen (secondary N) is 1. The average Bonchev–Trinajstić information content (AvgIpc) is 2.73. The van der Waals surface area contributed by atoms with Crippen molar-refractivity contribution in [3.8, 4) is 5.75 Å². The highest BCUT2D eigenvalue weighted by Crippen LogP contribution is 2.25. The predicted octanol–water partition coefficient (Wildman–Crippen LogP) is 5.61. The SMILES string of the molecule is CCCOc1cccc(C(=O)Nc2ccc(Cl)cc2C(=O)c2ccccc2)c1. The van der Waals surface area contributed by atoms with Gasteiger partial charge < -0.3 is 10.1 Å². The Bertz CT molecular complexity index is 986. The molecule has 0 bridgehead atoms. The van der Waals surface area contributed by atoms with Gasteiger partial charge in [-0.15, -0.1) is 0 Å². The molecule has 3 rings (SSSR count). The number of anilines is 1. The fourth-order valence-corrected chi connectivity index (χ4v) is 2.87. The van der Waals surface area contributed by atoms with Crippen molar-refractivity contribution in [2.24, 2.45) is 0 Å². The highest BCUT2D eigenvalue weighted by atomic mass is 35.5. The first kappa shape index (κ1) is 19.6. The van der Waals surface area contributed by atoms with E-state index in [1.165, 1.54) is 0 Å². The number of halogens is 1. The molecule has 0 heterocycles. The lowest BCUT2D eigenvalue weighted by Crippen LogP contribution is -2.15. The summed E-state index contributed by atoms with van der Waals surface area (Å²) < 4.78 is 5.58. The van der Waals surface area contributed by atoms with Crippen molar-refractivity contribution in [3.05, 3.63) is 94.5 Å². The Hall–Kier alpha value is -3.11. The van der Waals surface area contributed by atoms with Gasteiger partial charge in [0.25, 0.3) is 5.91 Å². The number of amides is 1. The number of benzene rings is 3. The highest BCUT2D eigenvalue weighted by Gasteiger charge is 2.17. The molecular weight excluding hydrogens is 374 g/mol. The molecule has 0 saturated heterocycles. The van der Waals surface area contributed by atoms with Crippen molar-refractivity contribution in [3.63, 3.8) is 0 Å². The molecule has 3 aromatic rings. The lowest BCUT2D eigenvalue weighted by molar-refractivity contribution is 0.102. The molecule has 0 aliphatic rings. The van der Waals surface area contributed by atoms with Crippen LogP contribution in [-0.2, 0) is 0 Å². The van der Waals surface area contributed by atoms with Crippen molar-refractivity contribution >= 4 is 29.0 Å². The summed E-state index contributed by atoms with van der Waals surface area (Å²) in [4.78, 5) is 25.6. The minimum atomic E-state index is -0.327. The molecular formula is C23H20ClNO3. The first-order chi connectivity index (χ1) is 13.6. The molecule has 0 atom stereocenters. The smallest absolute Gasteiger partial charge is 0.255 e. The Morgan fingerprint density at radius 1 is 0.929 bits per heavy atom. The molecule has 0 aliphatic carbocycles. The number of carbonyl (C=O) groups is 2. The van der Waals surface area contributed by atoms with Gasteiger partial charge in [0, 0.05) is 21.7 Å². The maximum absolute atomic E-state index is 12.9. The number of hydrogen-bond donors (Lipinski definition) is 1. The van der Waals surface area contributed by atoms with Crippen LogP contribution in [0.1, 0.15) is 39.6 Å². The van der Waals surface area contributed by atoms with Crippen molar-refractivity contribution in [2.75, 3.05) is 11.9 Å². The van der Waals surface area contributed by atoms with E-state index in [0.717, 1.165) is 6.42 Å². The molecule has 3 aromatic carbocycles. The summed E-state index contributed by atoms with van der Waals surface area (Å²) in [7, 11) is 0. The third kappa shape index (κ3) is 4.78. The summed E-state index contributed by atoms with van der Waals surface area (Å²) in [6, 6.07) is 20.6. The molecule has 0 aromatic heterocycles. The van der Waals surface area contributed by atoms with Gasteiger partial charge in [0.05, 0.1) is 12.3 Å². The monoisotopic (exact) mass is 393 g/mol. The van der Waals surface area contributed by atoms with Gasteiger partial charge in [-0.05, 0) is 42.8 Å². The Morgan fingerprint density at radius 3 is 2.43 bits per heavy atom. The van der Waals surface area contributed by atoms with E-state index >= 15 is 0 Å². The number of carbonyl (C=O) groups excluding carboxylic acids is 2. The van der Waals surface area contributed by atoms with Crippen LogP contribution in [0.15, 0.2) is 72.8 Å². The number of hydrogen-bond acceptors (Lipinski definition) is 3. The summed E-state index contributed by atoms with van der Waals surface area (Å²) in [5.41, 5.74) is 1.71. The molecule has 28 heavy (non-hydrogen) atoms. The van der Waals surface area contributed by atoms with Gasteiger partial charge in [-0.1, -0.05) is 54.9 Å². The van der Waals surface area contributed by atoms with Crippen molar-refractivity contribution in [1.82, 2.24) is 0 Å². The zero-order valence-corrected chi connectivity index (χ0v) is 16.2. The van der Waals surface area contributed by atoms with E-state index in [9.17, 15) is 9.59 Å². The lowest BCUT2D eigenvalue weighted by Gasteiger charge is -2.12. The minimum absolute atomic E-state index is 0.210. The number of ether oxygens (including phenoxy) is 1. The molecule has 4 nitrogen and oxygen atoms in total. The van der Waals surface area contributed by atoms with Gasteiger partial charge in [0.15, 0.2) is 5.78 Å². The van der Waals surface area contributed by atoms with E-state index in [-0.39, 0.29) is 11.7 Å². The van der Waals surface area contributed by atoms with Gasteiger partial charge in [-0.3, -0.25) is 9.59 Å². The van der Waals surface area contributed by atoms with Crippen molar-refractivity contribution in [1.29, 1.82) is 0 Å². The zero-order valence-electron chi connectivity index (χ0n) is 15.4. The van der Waals surface area contributed by atoms with Crippen molar-refractivity contribution < 1.29 is 14.3 Å². The van der Waals surface area contributed by atoms with Gasteiger partial charge in [0.1, 0.15) is 5.75 Å². The largest absolute Gasteiger partial charge is 0.494 e. The number of ketones is 1. The van der Waals surface area contributed by atoms with Crippen LogP contribution in [0.25, 0.3) is 0 Å². The van der Waals surface area contributed by atoms with Gasteiger partial charge in [-0.25, -0.2) is 0 Å². The molecule has 1 amide bonds. The van der Waals surface area contributed by atoms with Crippen LogP contribution >= 0.6 is 11.6 Å². The Morgan fingerprint density at radius 2 is 1.68 bits per heavy atom. The predicted molar refractivity (Wildman–Crippen MR) is 112 cm³/mol. The van der Waals surface area contributed by atoms with Crippen LogP contribution in [0.5, 0.6) is 5.75 Å². The maximum atomic E-state index is 12.9. The van der Waals surface area contributed by atoms with Crippen LogP contribution in [-0.4, -0.2) is 18.3 Å². The molecule has 0 spiro atoms. The Balaban J connectivity index is 1.86. The summed E-state index contributed by atoms with van der Waals surface area (Å²) in [5, 5.41) is 3.24. The molecule has 0 aliphatic heterocycles. The summed E-state index contributed by atoms with van der Waals surface area (Å²) >= 11 is 6.09. The third-order valence-corrected chi connectivity index (χ3v) is 4.31. The molecule has 5 heteroatoms. The van der Waals surface area contributed by atoms with Gasteiger partial charge in [-0.2, -0.15) is 0 Å². The van der Waals surface area contributed by atoms with E-state index in [2.05, 4.69) is 5.32 Å². The molecule has 0 unspecified atom stereocenters. The summed E-state index contributed by atoms with van der Waals surface area (Å²) in [6.07, 6.45) is 0.881. The Labute approximate surface area is 169 Å². The third-order valence-electron chi connectivity index (χ3n) is 4.08. The quantitative estimate of drug-likeness (QED) is 0.530. The van der Waals surface area contributed by atoms with Crippen LogP contribution in [0.3, 0.4) is 0 Å². The maximum Gasteiger partial charge on any atom is 0.255 e. The van der Waals surface area contributed by atoms with Gasteiger partial charge in [0.2, 0.25) is 0 Å². The van der Waals surface area contributed by atoms with Gasteiger partial charge >= 0.3 is 0 Å². The second-order valence-electron chi connectivity index (χ2n) is 6.22. The second-order valence-corrected chi connectivity index (χ2v) is 6.65. The van der Waals surface area contributed by atoms with E-state index in [1.807, 2.05) is 13.0 Å². The fraction of sp³-hybridized carbons (Fsp3) is 0.130. The lowest BCUT2D eigenvalue weighted by atomic mass is 10.0. The molecule has 0 radical (unpaired) electrons.